The van der Waals surface area contributed by atoms with E-state index in [0.717, 1.165) is 10.6 Å². The van der Waals surface area contributed by atoms with Gasteiger partial charge in [0.1, 0.15) is 0 Å². The molecule has 0 aromatic heterocycles. The third kappa shape index (κ3) is 2.42. The Morgan fingerprint density at radius 1 is 1.21 bits per heavy atom. The molecule has 1 aliphatic rings. The van der Waals surface area contributed by atoms with Gasteiger partial charge in [0.05, 0.1) is 11.1 Å². The van der Waals surface area contributed by atoms with Gasteiger partial charge in [0.25, 0.3) is 11.8 Å². The second-order valence-electron chi connectivity index (χ2n) is 4.28. The lowest BCUT2D eigenvalue weighted by Crippen LogP contribution is -2.24. The van der Waals surface area contributed by atoms with E-state index < -0.39 is 0 Å². The summed E-state index contributed by atoms with van der Waals surface area (Å²) in [6.45, 7) is 0.469. The smallest absolute Gasteiger partial charge is 0.261 e. The zero-order valence-corrected chi connectivity index (χ0v) is 10.8. The Morgan fingerprint density at radius 2 is 1.89 bits per heavy atom. The molecule has 3 amide bonds. The maximum Gasteiger partial charge on any atom is 0.261 e. The number of nitrogens with zero attached hydrogens (tertiary/aromatic N) is 1. The first-order chi connectivity index (χ1) is 9.04. The monoisotopic (exact) mass is 261 g/mol. The summed E-state index contributed by atoms with van der Waals surface area (Å²) in [5, 5.41) is 5.57. The summed E-state index contributed by atoms with van der Waals surface area (Å²) in [5.74, 6) is -0.633. The zero-order chi connectivity index (χ0) is 14.0. The molecule has 100 valence electrons. The van der Waals surface area contributed by atoms with Crippen LogP contribution in [0.25, 0.3) is 0 Å². The lowest BCUT2D eigenvalue weighted by Gasteiger charge is -2.06. The minimum Gasteiger partial charge on any atom is -0.385 e. The van der Waals surface area contributed by atoms with Crippen LogP contribution in [0.2, 0.25) is 0 Å². The fraction of sp³-hybridized carbons (Fsp3) is 0.308. The first-order valence-corrected chi connectivity index (χ1v) is 5.95. The summed E-state index contributed by atoms with van der Waals surface area (Å²) < 4.78 is 0. The Kier molecular flexibility index (Phi) is 3.50. The number of carbonyl (C=O) groups is 3. The van der Waals surface area contributed by atoms with Crippen molar-refractivity contribution in [1.82, 2.24) is 10.2 Å². The molecule has 0 unspecified atom stereocenters. The standard InChI is InChI=1S/C13H15N3O3/c1-14-11(17)5-6-15-8-3-4-9-10(7-8)13(19)16(2)12(9)18/h3-4,7,15H,5-6H2,1-2H3,(H,14,17). The number of hydrogen-bond donors (Lipinski definition) is 2. The van der Waals surface area contributed by atoms with Crippen molar-refractivity contribution in [3.8, 4) is 0 Å². The maximum absolute atomic E-state index is 11.8. The molecule has 0 aliphatic carbocycles. The third-order valence-corrected chi connectivity index (χ3v) is 3.05. The first kappa shape index (κ1) is 13.1. The molecule has 0 spiro atoms. The summed E-state index contributed by atoms with van der Waals surface area (Å²) in [6, 6.07) is 5.00. The minimum atomic E-state index is -0.296. The van der Waals surface area contributed by atoms with E-state index in [2.05, 4.69) is 10.6 Å². The molecule has 0 radical (unpaired) electrons. The summed E-state index contributed by atoms with van der Waals surface area (Å²) in [5.41, 5.74) is 1.54. The number of carbonyl (C=O) groups excluding carboxylic acids is 3. The van der Waals surface area contributed by atoms with Crippen molar-refractivity contribution >= 4 is 23.4 Å². The Balaban J connectivity index is 2.08. The minimum absolute atomic E-state index is 0.0559. The molecule has 6 heteroatoms. The number of rotatable bonds is 4. The second-order valence-corrected chi connectivity index (χ2v) is 4.28. The van der Waals surface area contributed by atoms with Crippen molar-refractivity contribution in [1.29, 1.82) is 0 Å². The van der Waals surface area contributed by atoms with E-state index in [4.69, 9.17) is 0 Å². The van der Waals surface area contributed by atoms with Crippen LogP contribution in [0.5, 0.6) is 0 Å². The largest absolute Gasteiger partial charge is 0.385 e. The van der Waals surface area contributed by atoms with Gasteiger partial charge in [-0.1, -0.05) is 0 Å². The summed E-state index contributed by atoms with van der Waals surface area (Å²) in [6.07, 6.45) is 0.348. The Bertz CT molecular complexity index is 554. The van der Waals surface area contributed by atoms with E-state index >= 15 is 0 Å². The predicted molar refractivity (Wildman–Crippen MR) is 70.0 cm³/mol. The van der Waals surface area contributed by atoms with Crippen molar-refractivity contribution in [2.45, 2.75) is 6.42 Å². The van der Waals surface area contributed by atoms with Gasteiger partial charge in [0, 0.05) is 32.7 Å². The fourth-order valence-electron chi connectivity index (χ4n) is 1.92. The van der Waals surface area contributed by atoms with E-state index in [9.17, 15) is 14.4 Å². The molecule has 19 heavy (non-hydrogen) atoms. The number of nitrogens with one attached hydrogen (secondary N) is 2. The van der Waals surface area contributed by atoms with Crippen LogP contribution in [0.15, 0.2) is 18.2 Å². The molecule has 1 heterocycles. The molecule has 1 aromatic carbocycles. The number of imide groups is 1. The van der Waals surface area contributed by atoms with Crippen LogP contribution in [0.3, 0.4) is 0 Å². The highest BCUT2D eigenvalue weighted by Crippen LogP contribution is 2.24. The molecule has 2 N–H and O–H groups in total. The number of anilines is 1. The van der Waals surface area contributed by atoms with Crippen LogP contribution in [-0.2, 0) is 4.79 Å². The van der Waals surface area contributed by atoms with Gasteiger partial charge in [0.15, 0.2) is 0 Å². The Morgan fingerprint density at radius 3 is 2.58 bits per heavy atom. The number of amides is 3. The van der Waals surface area contributed by atoms with Crippen molar-refractivity contribution in [3.63, 3.8) is 0 Å². The number of hydrogen-bond acceptors (Lipinski definition) is 4. The van der Waals surface area contributed by atoms with Crippen LogP contribution in [-0.4, -0.2) is 43.3 Å². The van der Waals surface area contributed by atoms with Gasteiger partial charge in [-0.05, 0) is 18.2 Å². The summed E-state index contributed by atoms with van der Waals surface area (Å²) >= 11 is 0. The van der Waals surface area contributed by atoms with Gasteiger partial charge >= 0.3 is 0 Å². The van der Waals surface area contributed by atoms with E-state index in [1.165, 1.54) is 7.05 Å². The van der Waals surface area contributed by atoms with Crippen molar-refractivity contribution in [2.75, 3.05) is 26.0 Å². The number of benzene rings is 1. The molecule has 0 bridgehead atoms. The van der Waals surface area contributed by atoms with Crippen LogP contribution in [0.4, 0.5) is 5.69 Å². The van der Waals surface area contributed by atoms with Gasteiger partial charge in [-0.25, -0.2) is 0 Å². The van der Waals surface area contributed by atoms with E-state index in [1.54, 1.807) is 25.2 Å². The molecule has 0 fully saturated rings. The molecule has 0 saturated carbocycles. The van der Waals surface area contributed by atoms with Crippen molar-refractivity contribution in [2.24, 2.45) is 0 Å². The molecule has 6 nitrogen and oxygen atoms in total. The Hall–Kier alpha value is -2.37. The van der Waals surface area contributed by atoms with Gasteiger partial charge in [-0.15, -0.1) is 0 Å². The second kappa shape index (κ2) is 5.09. The highest BCUT2D eigenvalue weighted by Gasteiger charge is 2.32. The predicted octanol–water partition coefficient (Wildman–Crippen LogP) is 0.460. The molecule has 0 saturated heterocycles. The molecule has 1 aromatic rings. The Labute approximate surface area is 110 Å². The molecular formula is C13H15N3O3. The quantitative estimate of drug-likeness (QED) is 0.772. The average molecular weight is 261 g/mol. The van der Waals surface area contributed by atoms with Gasteiger partial charge in [-0.3, -0.25) is 19.3 Å². The van der Waals surface area contributed by atoms with Gasteiger partial charge in [0.2, 0.25) is 5.91 Å². The zero-order valence-electron chi connectivity index (χ0n) is 10.8. The first-order valence-electron chi connectivity index (χ1n) is 5.95. The average Bonchev–Trinajstić information content (AvgIpc) is 2.63. The van der Waals surface area contributed by atoms with Crippen LogP contribution >= 0.6 is 0 Å². The highest BCUT2D eigenvalue weighted by molar-refractivity contribution is 6.21. The third-order valence-electron chi connectivity index (χ3n) is 3.05. The molecular weight excluding hydrogens is 246 g/mol. The molecule has 2 rings (SSSR count). The van der Waals surface area contributed by atoms with E-state index in [0.29, 0.717) is 24.1 Å². The fourth-order valence-corrected chi connectivity index (χ4v) is 1.92. The SMILES string of the molecule is CNC(=O)CCNc1ccc2c(c1)C(=O)N(C)C2=O. The molecule has 1 aliphatic heterocycles. The maximum atomic E-state index is 11.8. The van der Waals surface area contributed by atoms with Crippen molar-refractivity contribution in [3.05, 3.63) is 29.3 Å². The van der Waals surface area contributed by atoms with E-state index in [-0.39, 0.29) is 17.7 Å². The van der Waals surface area contributed by atoms with Crippen LogP contribution < -0.4 is 10.6 Å². The van der Waals surface area contributed by atoms with E-state index in [1.807, 2.05) is 0 Å². The topological polar surface area (TPSA) is 78.5 Å². The highest BCUT2D eigenvalue weighted by atomic mass is 16.2. The molecule has 0 atom stereocenters. The summed E-state index contributed by atoms with van der Waals surface area (Å²) in [7, 11) is 3.04. The van der Waals surface area contributed by atoms with Crippen LogP contribution in [0.1, 0.15) is 27.1 Å². The lowest BCUT2D eigenvalue weighted by molar-refractivity contribution is -0.120. The normalized spacial score (nSPS) is 13.5. The van der Waals surface area contributed by atoms with Gasteiger partial charge in [-0.2, -0.15) is 0 Å². The van der Waals surface area contributed by atoms with Crippen LogP contribution in [0, 0.1) is 0 Å². The van der Waals surface area contributed by atoms with Crippen molar-refractivity contribution < 1.29 is 14.4 Å². The van der Waals surface area contributed by atoms with Gasteiger partial charge < -0.3 is 10.6 Å². The summed E-state index contributed by atoms with van der Waals surface area (Å²) in [4.78, 5) is 35.7. The number of fused-ring (bicyclic) bond motifs is 1. The lowest BCUT2D eigenvalue weighted by atomic mass is 10.1.